The molecule has 4 bridgehead atoms. The Morgan fingerprint density at radius 2 is 1.47 bits per heavy atom. The Morgan fingerprint density at radius 3 is 2.02 bits per heavy atom. The fourth-order valence-corrected chi connectivity index (χ4v) is 8.04. The molecule has 1 fully saturated rings. The van der Waals surface area contributed by atoms with Crippen LogP contribution >= 0.6 is 0 Å². The van der Waals surface area contributed by atoms with Crippen molar-refractivity contribution in [1.82, 2.24) is 4.90 Å². The van der Waals surface area contributed by atoms with Crippen LogP contribution in [-0.4, -0.2) is 95.5 Å². The van der Waals surface area contributed by atoms with E-state index in [-0.39, 0.29) is 19.3 Å². The SMILES string of the molecule is CC(=O)O[C@H]1C[C@H]2[C@@H](OC(C)=O)/C=C3\C[C@](C)(C(=O)[C@H](O)C(=C1C)C2(C)C)[C@@H](OC(C)=O)C[C@@H]3OC(=O)[C@H](O)[C@H](c1ccccc1)N(C)C. The Labute approximate surface area is 287 Å². The number of ketones is 1. The zero-order chi connectivity index (χ0) is 36.6. The van der Waals surface area contributed by atoms with E-state index in [1.165, 1.54) is 20.8 Å². The summed E-state index contributed by atoms with van der Waals surface area (Å²) >= 11 is 0. The number of ether oxygens (including phenoxy) is 4. The van der Waals surface area contributed by atoms with Gasteiger partial charge in [0.05, 0.1) is 11.5 Å². The second-order valence-electron chi connectivity index (χ2n) is 14.5. The summed E-state index contributed by atoms with van der Waals surface area (Å²) in [6, 6.07) is 8.22. The first-order valence-electron chi connectivity index (χ1n) is 16.5. The second-order valence-corrected chi connectivity index (χ2v) is 14.5. The van der Waals surface area contributed by atoms with Crippen LogP contribution in [0.5, 0.6) is 0 Å². The van der Waals surface area contributed by atoms with Gasteiger partial charge >= 0.3 is 23.9 Å². The highest BCUT2D eigenvalue weighted by atomic mass is 16.6. The topological polar surface area (TPSA) is 166 Å². The van der Waals surface area contributed by atoms with Crippen LogP contribution in [0.15, 0.2) is 53.1 Å². The quantitative estimate of drug-likeness (QED) is 0.233. The fraction of sp³-hybridized carbons (Fsp3) is 0.595. The molecule has 268 valence electrons. The lowest BCUT2D eigenvalue weighted by Gasteiger charge is -2.51. The van der Waals surface area contributed by atoms with Gasteiger partial charge in [-0.1, -0.05) is 44.2 Å². The number of aliphatic hydroxyl groups excluding tert-OH is 2. The Kier molecular flexibility index (Phi) is 11.3. The lowest BCUT2D eigenvalue weighted by molar-refractivity contribution is -0.174. The number of aliphatic hydroxyl groups is 2. The largest absolute Gasteiger partial charge is 0.461 e. The van der Waals surface area contributed by atoms with Gasteiger partial charge in [0.2, 0.25) is 0 Å². The maximum Gasteiger partial charge on any atom is 0.337 e. The summed E-state index contributed by atoms with van der Waals surface area (Å²) in [4.78, 5) is 67.1. The molecule has 1 aromatic rings. The van der Waals surface area contributed by atoms with E-state index in [0.717, 1.165) is 0 Å². The van der Waals surface area contributed by atoms with Crippen LogP contribution < -0.4 is 0 Å². The molecule has 0 spiro atoms. The molecule has 49 heavy (non-hydrogen) atoms. The molecule has 0 radical (unpaired) electrons. The minimum Gasteiger partial charge on any atom is -0.461 e. The van der Waals surface area contributed by atoms with Crippen LogP contribution in [0.1, 0.15) is 79.3 Å². The van der Waals surface area contributed by atoms with Crippen molar-refractivity contribution in [2.75, 3.05) is 14.1 Å². The molecule has 12 nitrogen and oxygen atoms in total. The van der Waals surface area contributed by atoms with E-state index in [0.29, 0.717) is 22.3 Å². The van der Waals surface area contributed by atoms with Gasteiger partial charge in [-0.25, -0.2) is 4.79 Å². The van der Waals surface area contributed by atoms with Gasteiger partial charge in [-0.2, -0.15) is 0 Å². The number of rotatable bonds is 8. The normalized spacial score (nSPS) is 31.8. The number of carbonyl (C=O) groups excluding carboxylic acids is 5. The molecule has 2 N–H and O–H groups in total. The summed E-state index contributed by atoms with van der Waals surface area (Å²) in [6.07, 6.45) is -5.76. The van der Waals surface area contributed by atoms with Gasteiger partial charge in [0.25, 0.3) is 0 Å². The van der Waals surface area contributed by atoms with E-state index in [9.17, 15) is 34.2 Å². The number of fused-ring (bicyclic) bond motifs is 4. The first kappa shape index (κ1) is 37.9. The standard InChI is InChI=1S/C37H49NO11/c1-19-26(46-20(2)39)16-25-28(47-21(3)40)15-24-18-37(7,34(44)32(42)30(19)36(25,5)6)29(48-22(4)41)17-27(24)49-35(45)33(43)31(38(8)9)23-13-11-10-12-14-23/h10-15,25-29,31-33,42-43H,16-18H2,1-9H3/b24-15+/t25-,26-,27-,28-,29-,31-,32+,33+,37-/m0/s1. The number of Topliss-reactive ketones (excluding diaryl/α,β-unsaturated/α-hetero) is 1. The summed E-state index contributed by atoms with van der Waals surface area (Å²) in [6.45, 7) is 10.7. The van der Waals surface area contributed by atoms with Crippen molar-refractivity contribution < 1.29 is 53.1 Å². The predicted octanol–water partition coefficient (Wildman–Crippen LogP) is 3.39. The Morgan fingerprint density at radius 1 is 0.878 bits per heavy atom. The zero-order valence-electron chi connectivity index (χ0n) is 29.7. The average Bonchev–Trinajstić information content (AvgIpc) is 2.99. The Hall–Kier alpha value is -3.87. The van der Waals surface area contributed by atoms with Gasteiger partial charge in [0.15, 0.2) is 11.9 Å². The number of nitrogens with zero attached hydrogens (tertiary/aromatic N) is 1. The number of esters is 4. The Bertz CT molecular complexity index is 1530. The predicted molar refractivity (Wildman–Crippen MR) is 176 cm³/mol. The van der Waals surface area contributed by atoms with Crippen molar-refractivity contribution in [2.24, 2.45) is 16.7 Å². The third-order valence-electron chi connectivity index (χ3n) is 10.4. The zero-order valence-corrected chi connectivity index (χ0v) is 29.7. The molecule has 3 aliphatic carbocycles. The third kappa shape index (κ3) is 7.66. The van der Waals surface area contributed by atoms with Crippen LogP contribution in [0.25, 0.3) is 0 Å². The van der Waals surface area contributed by atoms with Crippen LogP contribution in [0.3, 0.4) is 0 Å². The first-order valence-corrected chi connectivity index (χ1v) is 16.5. The van der Waals surface area contributed by atoms with Gasteiger partial charge in [0, 0.05) is 33.1 Å². The van der Waals surface area contributed by atoms with E-state index in [1.54, 1.807) is 63.2 Å². The molecule has 1 saturated carbocycles. The molecule has 0 unspecified atom stereocenters. The van der Waals surface area contributed by atoms with Crippen LogP contribution in [0, 0.1) is 16.7 Å². The number of likely N-dealkylation sites (N-methyl/N-ethyl adjacent to an activating group) is 1. The minimum absolute atomic E-state index is 0.116. The van der Waals surface area contributed by atoms with Crippen LogP contribution in [0.2, 0.25) is 0 Å². The summed E-state index contributed by atoms with van der Waals surface area (Å²) < 4.78 is 23.3. The lowest BCUT2D eigenvalue weighted by Crippen LogP contribution is -2.57. The lowest BCUT2D eigenvalue weighted by atomic mass is 9.57. The monoisotopic (exact) mass is 683 g/mol. The summed E-state index contributed by atoms with van der Waals surface area (Å²) in [5.74, 6) is -4.00. The van der Waals surface area contributed by atoms with E-state index in [4.69, 9.17) is 18.9 Å². The van der Waals surface area contributed by atoms with Crippen molar-refractivity contribution in [3.63, 3.8) is 0 Å². The molecule has 0 heterocycles. The molecule has 0 amide bonds. The fourth-order valence-electron chi connectivity index (χ4n) is 8.04. The van der Waals surface area contributed by atoms with Gasteiger partial charge in [-0.05, 0) is 74.6 Å². The average molecular weight is 684 g/mol. The summed E-state index contributed by atoms with van der Waals surface area (Å²) in [5, 5.41) is 23.3. The molecule has 12 heteroatoms. The van der Waals surface area contributed by atoms with Crippen molar-refractivity contribution in [3.8, 4) is 0 Å². The van der Waals surface area contributed by atoms with Gasteiger partial charge in [-0.3, -0.25) is 24.1 Å². The van der Waals surface area contributed by atoms with Crippen molar-refractivity contribution >= 4 is 29.7 Å². The third-order valence-corrected chi connectivity index (χ3v) is 10.4. The molecular formula is C37H49NO11. The van der Waals surface area contributed by atoms with Crippen LogP contribution in [-0.2, 0) is 42.9 Å². The highest BCUT2D eigenvalue weighted by molar-refractivity contribution is 5.93. The Balaban J connectivity index is 1.88. The van der Waals surface area contributed by atoms with E-state index < -0.39 is 89.1 Å². The maximum atomic E-state index is 14.5. The molecule has 9 atom stereocenters. The van der Waals surface area contributed by atoms with E-state index in [2.05, 4.69) is 0 Å². The molecule has 4 rings (SSSR count). The number of hydrogen-bond donors (Lipinski definition) is 2. The molecule has 0 aromatic heterocycles. The molecule has 0 saturated heterocycles. The maximum absolute atomic E-state index is 14.5. The van der Waals surface area contributed by atoms with E-state index in [1.807, 2.05) is 19.9 Å². The summed E-state index contributed by atoms with van der Waals surface area (Å²) in [5.41, 5.74) is -0.553. The van der Waals surface area contributed by atoms with Gasteiger partial charge in [-0.15, -0.1) is 0 Å². The van der Waals surface area contributed by atoms with Crippen molar-refractivity contribution in [1.29, 1.82) is 0 Å². The highest BCUT2D eigenvalue weighted by Crippen LogP contribution is 2.53. The van der Waals surface area contributed by atoms with Crippen molar-refractivity contribution in [2.45, 2.75) is 110 Å². The second kappa shape index (κ2) is 14.5. The number of carbonyl (C=O) groups is 5. The number of benzene rings is 1. The van der Waals surface area contributed by atoms with E-state index >= 15 is 0 Å². The summed E-state index contributed by atoms with van der Waals surface area (Å²) in [7, 11) is 3.45. The molecule has 3 aliphatic rings. The van der Waals surface area contributed by atoms with Gasteiger partial charge < -0.3 is 29.2 Å². The van der Waals surface area contributed by atoms with Crippen molar-refractivity contribution in [3.05, 3.63) is 58.7 Å². The number of hydrogen-bond acceptors (Lipinski definition) is 12. The van der Waals surface area contributed by atoms with Gasteiger partial charge in [0.1, 0.15) is 30.5 Å². The van der Waals surface area contributed by atoms with Crippen LogP contribution in [0.4, 0.5) is 0 Å². The highest BCUT2D eigenvalue weighted by Gasteiger charge is 2.57. The molecule has 1 aromatic carbocycles. The molecular weight excluding hydrogens is 634 g/mol. The smallest absolute Gasteiger partial charge is 0.337 e. The molecule has 0 aliphatic heterocycles. The minimum atomic E-state index is -1.69. The first-order chi connectivity index (χ1) is 22.8.